The van der Waals surface area contributed by atoms with Gasteiger partial charge in [0, 0.05) is 42.8 Å². The lowest BCUT2D eigenvalue weighted by Crippen LogP contribution is -2.34. The summed E-state index contributed by atoms with van der Waals surface area (Å²) in [6, 6.07) is 24.0. The van der Waals surface area contributed by atoms with Crippen molar-refractivity contribution in [3.63, 3.8) is 0 Å². The molecule has 0 saturated carbocycles. The molecule has 1 saturated heterocycles. The standard InChI is InChI=1S/C34H33N7O6/c42-34(35-29-15-18-45-33-27(9-6-10-28(29)33)23-7-2-1-3-8-23)30-19-26(47-37-30)21-39-16-13-25(14-17-39)40-20-24(36-38-40)22-46-32-12-5-4-11-31(32)41(43)44/h1-12,19-20,25,29H,13-18,21-22H2,(H,35,42). The molecule has 1 unspecified atom stereocenters. The van der Waals surface area contributed by atoms with Gasteiger partial charge in [0.25, 0.3) is 5.91 Å². The molecule has 0 radical (unpaired) electrons. The predicted molar refractivity (Wildman–Crippen MR) is 170 cm³/mol. The Labute approximate surface area is 270 Å². The molecule has 5 aromatic rings. The maximum absolute atomic E-state index is 13.2. The first-order valence-corrected chi connectivity index (χ1v) is 15.6. The highest BCUT2D eigenvalue weighted by Gasteiger charge is 2.28. The number of rotatable bonds is 10. The molecule has 2 aliphatic rings. The van der Waals surface area contributed by atoms with Crippen LogP contribution >= 0.6 is 0 Å². The number of para-hydroxylation sites is 3. The van der Waals surface area contributed by atoms with Crippen molar-refractivity contribution < 1.29 is 23.7 Å². The summed E-state index contributed by atoms with van der Waals surface area (Å²) < 4.78 is 19.1. The average molecular weight is 636 g/mol. The summed E-state index contributed by atoms with van der Waals surface area (Å²) in [7, 11) is 0. The average Bonchev–Trinajstić information content (AvgIpc) is 3.78. The molecule has 13 nitrogen and oxygen atoms in total. The molecule has 47 heavy (non-hydrogen) atoms. The van der Waals surface area contributed by atoms with Crippen LogP contribution in [0.5, 0.6) is 11.5 Å². The van der Waals surface area contributed by atoms with Crippen LogP contribution in [0.25, 0.3) is 11.1 Å². The van der Waals surface area contributed by atoms with Gasteiger partial charge in [0.15, 0.2) is 17.2 Å². The van der Waals surface area contributed by atoms with Crippen LogP contribution < -0.4 is 14.8 Å². The number of benzene rings is 3. The van der Waals surface area contributed by atoms with E-state index in [1.54, 1.807) is 24.3 Å². The first-order chi connectivity index (χ1) is 23.0. The van der Waals surface area contributed by atoms with Gasteiger partial charge in [-0.3, -0.25) is 19.8 Å². The summed E-state index contributed by atoms with van der Waals surface area (Å²) in [5.74, 6) is 1.34. The molecule has 1 N–H and O–H groups in total. The van der Waals surface area contributed by atoms with Crippen LogP contribution in [0, 0.1) is 10.1 Å². The molecule has 0 aliphatic carbocycles. The van der Waals surface area contributed by atoms with Gasteiger partial charge in [-0.05, 0) is 24.5 Å². The Kier molecular flexibility index (Phi) is 8.60. The molecule has 2 aliphatic heterocycles. The monoisotopic (exact) mass is 635 g/mol. The van der Waals surface area contributed by atoms with Crippen LogP contribution in [-0.2, 0) is 13.2 Å². The lowest BCUT2D eigenvalue weighted by molar-refractivity contribution is -0.385. The van der Waals surface area contributed by atoms with Crippen LogP contribution in [0.3, 0.4) is 0 Å². The maximum atomic E-state index is 13.2. The number of piperidine rings is 1. The summed E-state index contributed by atoms with van der Waals surface area (Å²) >= 11 is 0. The lowest BCUT2D eigenvalue weighted by atomic mass is 9.94. The fourth-order valence-corrected chi connectivity index (χ4v) is 6.15. The molecular weight excluding hydrogens is 602 g/mol. The van der Waals surface area contributed by atoms with Gasteiger partial charge in [0.1, 0.15) is 18.1 Å². The highest BCUT2D eigenvalue weighted by Crippen LogP contribution is 2.40. The number of nitro benzene ring substituents is 1. The number of carbonyl (C=O) groups excluding carboxylic acids is 1. The Hall–Kier alpha value is -5.56. The number of amides is 1. The Morgan fingerprint density at radius 3 is 2.66 bits per heavy atom. The zero-order valence-corrected chi connectivity index (χ0v) is 25.5. The summed E-state index contributed by atoms with van der Waals surface area (Å²) in [6.45, 7) is 2.74. The van der Waals surface area contributed by atoms with Crippen LogP contribution in [0.2, 0.25) is 0 Å². The summed E-state index contributed by atoms with van der Waals surface area (Å²) in [6.07, 6.45) is 4.19. The van der Waals surface area contributed by atoms with E-state index in [0.717, 1.165) is 48.4 Å². The second kappa shape index (κ2) is 13.4. The number of nitrogens with one attached hydrogen (secondary N) is 1. The zero-order chi connectivity index (χ0) is 32.2. The molecule has 3 aromatic carbocycles. The minimum absolute atomic E-state index is 0.0842. The van der Waals surface area contributed by atoms with Gasteiger partial charge in [-0.1, -0.05) is 71.0 Å². The first kappa shape index (κ1) is 30.1. The quantitative estimate of drug-likeness (QED) is 0.154. The largest absolute Gasteiger partial charge is 0.492 e. The highest BCUT2D eigenvalue weighted by atomic mass is 16.6. The second-order valence-electron chi connectivity index (χ2n) is 11.6. The van der Waals surface area contributed by atoms with E-state index in [-0.39, 0.29) is 41.7 Å². The van der Waals surface area contributed by atoms with Crippen molar-refractivity contribution in [1.82, 2.24) is 30.4 Å². The number of ether oxygens (including phenoxy) is 2. The van der Waals surface area contributed by atoms with Crippen LogP contribution in [0.15, 0.2) is 89.6 Å². The van der Waals surface area contributed by atoms with Crippen molar-refractivity contribution in [2.45, 2.75) is 44.5 Å². The van der Waals surface area contributed by atoms with E-state index >= 15 is 0 Å². The predicted octanol–water partition coefficient (Wildman–Crippen LogP) is 5.51. The zero-order valence-electron chi connectivity index (χ0n) is 25.5. The third-order valence-electron chi connectivity index (χ3n) is 8.56. The van der Waals surface area contributed by atoms with Gasteiger partial charge in [-0.2, -0.15) is 0 Å². The number of carbonyl (C=O) groups is 1. The minimum atomic E-state index is -0.470. The number of aromatic nitrogens is 4. The van der Waals surface area contributed by atoms with Gasteiger partial charge in [-0.25, -0.2) is 4.68 Å². The Morgan fingerprint density at radius 2 is 1.83 bits per heavy atom. The lowest BCUT2D eigenvalue weighted by Gasteiger charge is -2.30. The van der Waals surface area contributed by atoms with Gasteiger partial charge in [0.05, 0.1) is 36.4 Å². The molecule has 1 atom stereocenters. The normalized spacial score (nSPS) is 16.6. The topological polar surface area (TPSA) is 151 Å². The molecule has 2 aromatic heterocycles. The smallest absolute Gasteiger partial charge is 0.310 e. The van der Waals surface area contributed by atoms with Gasteiger partial charge < -0.3 is 19.3 Å². The fraction of sp³-hybridized carbons (Fsp3) is 0.294. The molecular formula is C34H33N7O6. The number of hydrogen-bond donors (Lipinski definition) is 1. The number of likely N-dealkylation sites (tertiary alicyclic amines) is 1. The molecule has 7 rings (SSSR count). The van der Waals surface area contributed by atoms with E-state index in [0.29, 0.717) is 31.0 Å². The van der Waals surface area contributed by atoms with Crippen molar-refractivity contribution in [3.05, 3.63) is 118 Å². The van der Waals surface area contributed by atoms with Gasteiger partial charge in [-0.15, -0.1) is 5.10 Å². The van der Waals surface area contributed by atoms with E-state index in [9.17, 15) is 14.9 Å². The Morgan fingerprint density at radius 1 is 1.02 bits per heavy atom. The highest BCUT2D eigenvalue weighted by molar-refractivity contribution is 5.92. The molecule has 13 heteroatoms. The second-order valence-corrected chi connectivity index (χ2v) is 11.6. The number of fused-ring (bicyclic) bond motifs is 1. The SMILES string of the molecule is O=C(NC1CCOc2c(-c3ccccc3)cccc21)c1cc(CN2CCC(n3cc(COc4ccccc4[N+](=O)[O-])nn3)CC2)on1. The van der Waals surface area contributed by atoms with E-state index in [4.69, 9.17) is 14.0 Å². The minimum Gasteiger partial charge on any atom is -0.492 e. The summed E-state index contributed by atoms with van der Waals surface area (Å²) in [4.78, 5) is 26.2. The van der Waals surface area contributed by atoms with Crippen LogP contribution in [-0.4, -0.2) is 55.6 Å². The molecule has 240 valence electrons. The van der Waals surface area contributed by atoms with Gasteiger partial charge in [0.2, 0.25) is 0 Å². The number of nitrogens with zero attached hydrogens (tertiary/aromatic N) is 6. The number of nitro groups is 1. The van der Waals surface area contributed by atoms with Crippen molar-refractivity contribution in [1.29, 1.82) is 0 Å². The third kappa shape index (κ3) is 6.70. The van der Waals surface area contributed by atoms with Gasteiger partial charge >= 0.3 is 5.69 Å². The molecule has 4 heterocycles. The first-order valence-electron chi connectivity index (χ1n) is 15.6. The fourth-order valence-electron chi connectivity index (χ4n) is 6.15. The summed E-state index contributed by atoms with van der Waals surface area (Å²) in [5, 5.41) is 26.9. The van der Waals surface area contributed by atoms with Crippen LogP contribution in [0.4, 0.5) is 5.69 Å². The molecule has 1 amide bonds. The van der Waals surface area contributed by atoms with Crippen molar-refractivity contribution in [2.75, 3.05) is 19.7 Å². The Bertz CT molecular complexity index is 1870. The third-order valence-corrected chi connectivity index (χ3v) is 8.56. The molecule has 0 bridgehead atoms. The van der Waals surface area contributed by atoms with E-state index < -0.39 is 4.92 Å². The van der Waals surface area contributed by atoms with Crippen molar-refractivity contribution in [2.24, 2.45) is 0 Å². The van der Waals surface area contributed by atoms with E-state index in [2.05, 4.69) is 25.7 Å². The van der Waals surface area contributed by atoms with Crippen molar-refractivity contribution >= 4 is 11.6 Å². The van der Waals surface area contributed by atoms with E-state index in [1.807, 2.05) is 59.4 Å². The molecule has 1 fully saturated rings. The van der Waals surface area contributed by atoms with E-state index in [1.165, 1.54) is 6.07 Å². The Balaban J connectivity index is 0.912. The summed E-state index contributed by atoms with van der Waals surface area (Å²) in [5.41, 5.74) is 3.78. The van der Waals surface area contributed by atoms with Crippen molar-refractivity contribution in [3.8, 4) is 22.6 Å². The maximum Gasteiger partial charge on any atom is 0.310 e. The number of hydrogen-bond acceptors (Lipinski definition) is 10. The molecule has 0 spiro atoms. The van der Waals surface area contributed by atoms with Crippen LogP contribution in [0.1, 0.15) is 58.9 Å².